The highest BCUT2D eigenvalue weighted by molar-refractivity contribution is 5.92. The highest BCUT2D eigenvalue weighted by atomic mass is 15.2. The molecule has 1 aromatic heterocycles. The Labute approximate surface area is 115 Å². The van der Waals surface area contributed by atoms with Crippen LogP contribution in [0.15, 0.2) is 30.3 Å². The molecular formula is C16H23N3. The molecule has 0 saturated heterocycles. The van der Waals surface area contributed by atoms with E-state index in [2.05, 4.69) is 56.1 Å². The zero-order chi connectivity index (χ0) is 13.8. The van der Waals surface area contributed by atoms with Crippen molar-refractivity contribution in [2.75, 3.05) is 18.5 Å². The number of benzene rings is 1. The van der Waals surface area contributed by atoms with Gasteiger partial charge in [0.15, 0.2) is 0 Å². The summed E-state index contributed by atoms with van der Waals surface area (Å²) in [5.41, 5.74) is 6.70. The van der Waals surface area contributed by atoms with Crippen LogP contribution in [-0.2, 0) is 6.54 Å². The fourth-order valence-electron chi connectivity index (χ4n) is 2.19. The molecule has 1 aromatic carbocycles. The molecule has 1 heterocycles. The average molecular weight is 257 g/mol. The van der Waals surface area contributed by atoms with E-state index in [-0.39, 0.29) is 0 Å². The lowest BCUT2D eigenvalue weighted by molar-refractivity contribution is 0.584. The van der Waals surface area contributed by atoms with Gasteiger partial charge in [0.25, 0.3) is 0 Å². The smallest absolute Gasteiger partial charge is 0.136 e. The molecule has 0 aliphatic rings. The minimum Gasteiger partial charge on any atom is -0.359 e. The SMILES string of the molecule is CC(C)CCN(C)c1nc(CN)cc2ccccc12. The molecular weight excluding hydrogens is 234 g/mol. The molecule has 2 N–H and O–H groups in total. The summed E-state index contributed by atoms with van der Waals surface area (Å²) in [7, 11) is 2.11. The van der Waals surface area contributed by atoms with E-state index in [9.17, 15) is 0 Å². The molecule has 0 bridgehead atoms. The Morgan fingerprint density at radius 2 is 2.00 bits per heavy atom. The summed E-state index contributed by atoms with van der Waals surface area (Å²) in [6.45, 7) is 5.99. The molecule has 102 valence electrons. The first-order chi connectivity index (χ1) is 9.11. The molecule has 0 atom stereocenters. The van der Waals surface area contributed by atoms with E-state index in [1.165, 1.54) is 17.2 Å². The van der Waals surface area contributed by atoms with Crippen molar-refractivity contribution in [2.24, 2.45) is 11.7 Å². The van der Waals surface area contributed by atoms with Crippen LogP contribution in [0.25, 0.3) is 10.8 Å². The first-order valence-electron chi connectivity index (χ1n) is 6.91. The van der Waals surface area contributed by atoms with Gasteiger partial charge in [-0.1, -0.05) is 38.1 Å². The second-order valence-electron chi connectivity index (χ2n) is 5.47. The molecule has 0 spiro atoms. The minimum absolute atomic E-state index is 0.482. The number of fused-ring (bicyclic) bond motifs is 1. The zero-order valence-electron chi connectivity index (χ0n) is 12.1. The van der Waals surface area contributed by atoms with Crippen LogP contribution in [-0.4, -0.2) is 18.6 Å². The molecule has 2 aromatic rings. The lowest BCUT2D eigenvalue weighted by Crippen LogP contribution is -2.22. The molecule has 3 heteroatoms. The predicted molar refractivity (Wildman–Crippen MR) is 82.4 cm³/mol. The fraction of sp³-hybridized carbons (Fsp3) is 0.438. The Morgan fingerprint density at radius 1 is 1.26 bits per heavy atom. The number of aromatic nitrogens is 1. The van der Waals surface area contributed by atoms with E-state index in [1.54, 1.807) is 0 Å². The van der Waals surface area contributed by atoms with Gasteiger partial charge in [0, 0.05) is 25.5 Å². The normalized spacial score (nSPS) is 11.2. The van der Waals surface area contributed by atoms with Crippen LogP contribution in [0.2, 0.25) is 0 Å². The lowest BCUT2D eigenvalue weighted by Gasteiger charge is -2.21. The second-order valence-corrected chi connectivity index (χ2v) is 5.47. The second kappa shape index (κ2) is 6.02. The van der Waals surface area contributed by atoms with Crippen LogP contribution in [0.4, 0.5) is 5.82 Å². The van der Waals surface area contributed by atoms with Gasteiger partial charge < -0.3 is 10.6 Å². The van der Waals surface area contributed by atoms with E-state index in [0.29, 0.717) is 12.5 Å². The van der Waals surface area contributed by atoms with Gasteiger partial charge in [-0.2, -0.15) is 0 Å². The monoisotopic (exact) mass is 257 g/mol. The number of nitrogens with zero attached hydrogens (tertiary/aromatic N) is 2. The van der Waals surface area contributed by atoms with Crippen molar-refractivity contribution in [3.63, 3.8) is 0 Å². The van der Waals surface area contributed by atoms with E-state index in [0.717, 1.165) is 18.1 Å². The van der Waals surface area contributed by atoms with Crippen LogP contribution in [0, 0.1) is 5.92 Å². The van der Waals surface area contributed by atoms with Gasteiger partial charge in [0.2, 0.25) is 0 Å². The summed E-state index contributed by atoms with van der Waals surface area (Å²) in [4.78, 5) is 6.94. The summed E-state index contributed by atoms with van der Waals surface area (Å²) in [5.74, 6) is 1.74. The molecule has 0 radical (unpaired) electrons. The summed E-state index contributed by atoms with van der Waals surface area (Å²) in [6, 6.07) is 10.4. The first-order valence-corrected chi connectivity index (χ1v) is 6.91. The van der Waals surface area contributed by atoms with Gasteiger partial charge in [-0.15, -0.1) is 0 Å². The molecule has 2 rings (SSSR count). The first kappa shape index (κ1) is 13.8. The topological polar surface area (TPSA) is 42.2 Å². The van der Waals surface area contributed by atoms with Crippen LogP contribution < -0.4 is 10.6 Å². The largest absolute Gasteiger partial charge is 0.359 e. The molecule has 0 aliphatic carbocycles. The molecule has 3 nitrogen and oxygen atoms in total. The third kappa shape index (κ3) is 3.24. The average Bonchev–Trinajstić information content (AvgIpc) is 2.43. The quantitative estimate of drug-likeness (QED) is 0.894. The third-order valence-electron chi connectivity index (χ3n) is 3.39. The Kier molecular flexibility index (Phi) is 4.38. The van der Waals surface area contributed by atoms with Crippen molar-refractivity contribution in [1.82, 2.24) is 4.98 Å². The minimum atomic E-state index is 0.482. The summed E-state index contributed by atoms with van der Waals surface area (Å²) >= 11 is 0. The molecule has 0 saturated carbocycles. The summed E-state index contributed by atoms with van der Waals surface area (Å²) in [5, 5.41) is 2.41. The van der Waals surface area contributed by atoms with Crippen molar-refractivity contribution in [2.45, 2.75) is 26.8 Å². The van der Waals surface area contributed by atoms with Crippen molar-refractivity contribution >= 4 is 16.6 Å². The van der Waals surface area contributed by atoms with Crippen molar-refractivity contribution < 1.29 is 0 Å². The number of pyridine rings is 1. The van der Waals surface area contributed by atoms with Gasteiger partial charge in [0.1, 0.15) is 5.82 Å². The Morgan fingerprint density at radius 3 is 2.68 bits per heavy atom. The molecule has 0 amide bonds. The van der Waals surface area contributed by atoms with Crippen molar-refractivity contribution in [3.05, 3.63) is 36.0 Å². The summed E-state index contributed by atoms with van der Waals surface area (Å²) < 4.78 is 0. The highest BCUT2D eigenvalue weighted by Gasteiger charge is 2.10. The van der Waals surface area contributed by atoms with E-state index >= 15 is 0 Å². The predicted octanol–water partition coefficient (Wildman–Crippen LogP) is 3.18. The fourth-order valence-corrected chi connectivity index (χ4v) is 2.19. The van der Waals surface area contributed by atoms with E-state index in [1.807, 2.05) is 0 Å². The molecule has 0 aliphatic heterocycles. The number of anilines is 1. The number of nitrogens with two attached hydrogens (primary N) is 1. The van der Waals surface area contributed by atoms with Gasteiger partial charge in [-0.3, -0.25) is 0 Å². The van der Waals surface area contributed by atoms with Gasteiger partial charge in [-0.25, -0.2) is 4.98 Å². The van der Waals surface area contributed by atoms with Gasteiger partial charge >= 0.3 is 0 Å². The van der Waals surface area contributed by atoms with E-state index in [4.69, 9.17) is 10.7 Å². The Balaban J connectivity index is 2.39. The maximum atomic E-state index is 5.75. The molecule has 0 unspecified atom stereocenters. The van der Waals surface area contributed by atoms with Crippen molar-refractivity contribution in [1.29, 1.82) is 0 Å². The standard InChI is InChI=1S/C16H23N3/c1-12(2)8-9-19(3)16-15-7-5-4-6-13(15)10-14(11-17)18-16/h4-7,10,12H,8-9,11,17H2,1-3H3. The van der Waals surface area contributed by atoms with Crippen LogP contribution >= 0.6 is 0 Å². The number of rotatable bonds is 5. The maximum absolute atomic E-state index is 5.75. The van der Waals surface area contributed by atoms with E-state index < -0.39 is 0 Å². The number of hydrogen-bond acceptors (Lipinski definition) is 3. The van der Waals surface area contributed by atoms with Gasteiger partial charge in [-0.05, 0) is 23.8 Å². The van der Waals surface area contributed by atoms with Crippen LogP contribution in [0.3, 0.4) is 0 Å². The number of hydrogen-bond donors (Lipinski definition) is 1. The lowest BCUT2D eigenvalue weighted by atomic mass is 10.1. The highest BCUT2D eigenvalue weighted by Crippen LogP contribution is 2.25. The Hall–Kier alpha value is -1.61. The van der Waals surface area contributed by atoms with Crippen LogP contribution in [0.1, 0.15) is 26.0 Å². The Bertz CT molecular complexity index is 549. The summed E-state index contributed by atoms with van der Waals surface area (Å²) in [6.07, 6.45) is 1.17. The maximum Gasteiger partial charge on any atom is 0.136 e. The van der Waals surface area contributed by atoms with Crippen molar-refractivity contribution in [3.8, 4) is 0 Å². The van der Waals surface area contributed by atoms with Gasteiger partial charge in [0.05, 0.1) is 5.69 Å². The van der Waals surface area contributed by atoms with Crippen LogP contribution in [0.5, 0.6) is 0 Å². The zero-order valence-corrected chi connectivity index (χ0v) is 12.1. The molecule has 0 fully saturated rings. The third-order valence-corrected chi connectivity index (χ3v) is 3.39. The molecule has 19 heavy (non-hydrogen) atoms.